The fourth-order valence-electron chi connectivity index (χ4n) is 2.79. The Hall–Kier alpha value is -2.05. The Morgan fingerprint density at radius 1 is 1.19 bits per heavy atom. The van der Waals surface area contributed by atoms with Gasteiger partial charge in [0, 0.05) is 12.2 Å². The molecule has 0 aliphatic carbocycles. The first-order chi connectivity index (χ1) is 14.4. The largest absolute Gasteiger partial charge is 0.394 e. The molecule has 0 aliphatic heterocycles. The summed E-state index contributed by atoms with van der Waals surface area (Å²) in [7, 11) is -3.67. The van der Waals surface area contributed by atoms with Gasteiger partial charge in [0.25, 0.3) is 0 Å². The van der Waals surface area contributed by atoms with E-state index in [1.165, 1.54) is 13.8 Å². The monoisotopic (exact) mass is 475 g/mol. The van der Waals surface area contributed by atoms with Crippen molar-refractivity contribution in [2.45, 2.75) is 56.2 Å². The molecule has 1 heterocycles. The number of aromatic nitrogens is 3. The molecule has 0 unspecified atom stereocenters. The molecule has 12 heteroatoms. The molecule has 1 aromatic heterocycles. The van der Waals surface area contributed by atoms with Gasteiger partial charge in [0.2, 0.25) is 21.9 Å². The van der Waals surface area contributed by atoms with Gasteiger partial charge in [0.05, 0.1) is 18.9 Å². The van der Waals surface area contributed by atoms with Gasteiger partial charge in [-0.1, -0.05) is 36.9 Å². The number of thioether (sulfide) groups is 1. The molecule has 0 spiro atoms. The van der Waals surface area contributed by atoms with Crippen LogP contribution >= 0.6 is 11.8 Å². The second-order valence-electron chi connectivity index (χ2n) is 7.62. The van der Waals surface area contributed by atoms with Crippen LogP contribution in [0.2, 0.25) is 0 Å². The normalized spacial score (nSPS) is 13.1. The van der Waals surface area contributed by atoms with E-state index in [-0.39, 0.29) is 41.7 Å². The number of alkyl halides is 1. The first-order valence-corrected chi connectivity index (χ1v) is 12.5. The number of hydrogen-bond acceptors (Lipinski definition) is 8. The molecule has 1 atom stereocenters. The lowest BCUT2D eigenvalue weighted by Crippen LogP contribution is -2.32. The van der Waals surface area contributed by atoms with Crippen molar-refractivity contribution in [3.8, 4) is 0 Å². The predicted molar refractivity (Wildman–Crippen MR) is 118 cm³/mol. The van der Waals surface area contributed by atoms with Crippen LogP contribution in [0.3, 0.4) is 0 Å². The summed E-state index contributed by atoms with van der Waals surface area (Å²) in [6, 6.07) is 4.43. The molecule has 0 fully saturated rings. The van der Waals surface area contributed by atoms with Crippen LogP contribution in [0.4, 0.5) is 20.7 Å². The van der Waals surface area contributed by atoms with Gasteiger partial charge in [-0.25, -0.2) is 17.2 Å². The van der Waals surface area contributed by atoms with Crippen LogP contribution in [0, 0.1) is 5.82 Å². The second-order valence-corrected chi connectivity index (χ2v) is 10.3. The van der Waals surface area contributed by atoms with Crippen molar-refractivity contribution in [3.63, 3.8) is 0 Å². The van der Waals surface area contributed by atoms with Crippen molar-refractivity contribution >= 4 is 33.7 Å². The number of halogens is 2. The van der Waals surface area contributed by atoms with Crippen molar-refractivity contribution in [2.75, 3.05) is 22.9 Å². The standard InChI is InChI=1S/C19H27F2N5O3S2/c1-5-12-7-6-8-13(15(12)20)11-30-18-24-16(22-14(10-27)9-19(2,3)21)23-17(25-18)26-31(4,28)29/h6-8,14,27H,5,9-11H2,1-4H3,(H2,22,23,24,25,26)/t14-/m1/s1. The van der Waals surface area contributed by atoms with Gasteiger partial charge in [-0.3, -0.25) is 4.72 Å². The number of sulfonamides is 1. The number of hydrogen-bond donors (Lipinski definition) is 3. The van der Waals surface area contributed by atoms with Crippen LogP contribution in [0.15, 0.2) is 23.4 Å². The Kier molecular flexibility index (Phi) is 8.55. The van der Waals surface area contributed by atoms with E-state index in [2.05, 4.69) is 25.0 Å². The van der Waals surface area contributed by atoms with Crippen LogP contribution < -0.4 is 10.0 Å². The highest BCUT2D eigenvalue weighted by Gasteiger charge is 2.23. The molecule has 0 amide bonds. The zero-order valence-electron chi connectivity index (χ0n) is 17.8. The zero-order valence-corrected chi connectivity index (χ0v) is 19.4. The summed E-state index contributed by atoms with van der Waals surface area (Å²) in [5, 5.41) is 12.5. The smallest absolute Gasteiger partial charge is 0.242 e. The van der Waals surface area contributed by atoms with Gasteiger partial charge in [0.15, 0.2) is 5.16 Å². The van der Waals surface area contributed by atoms with Crippen molar-refractivity contribution in [2.24, 2.45) is 0 Å². The number of aliphatic hydroxyl groups is 1. The maximum Gasteiger partial charge on any atom is 0.242 e. The average molecular weight is 476 g/mol. The minimum absolute atomic E-state index is 0.0263. The van der Waals surface area contributed by atoms with E-state index in [0.29, 0.717) is 17.5 Å². The van der Waals surface area contributed by atoms with Crippen LogP contribution in [0.5, 0.6) is 0 Å². The molecular weight excluding hydrogens is 448 g/mol. The lowest BCUT2D eigenvalue weighted by atomic mass is 10.0. The van der Waals surface area contributed by atoms with E-state index in [0.717, 1.165) is 18.0 Å². The molecule has 2 aromatic rings. The number of benzene rings is 1. The molecule has 2 rings (SSSR count). The number of aryl methyl sites for hydroxylation is 1. The van der Waals surface area contributed by atoms with Crippen LogP contribution in [0.25, 0.3) is 0 Å². The van der Waals surface area contributed by atoms with Crippen LogP contribution in [-0.4, -0.2) is 53.0 Å². The molecule has 0 saturated heterocycles. The summed E-state index contributed by atoms with van der Waals surface area (Å²) in [6.07, 6.45) is 1.48. The molecule has 172 valence electrons. The Bertz CT molecular complexity index is 1000. The summed E-state index contributed by atoms with van der Waals surface area (Å²) < 4.78 is 53.9. The van der Waals surface area contributed by atoms with Crippen LogP contribution in [0.1, 0.15) is 38.3 Å². The fraction of sp³-hybridized carbons (Fsp3) is 0.526. The highest BCUT2D eigenvalue weighted by Crippen LogP contribution is 2.25. The number of anilines is 2. The van der Waals surface area contributed by atoms with E-state index < -0.39 is 21.7 Å². The van der Waals surface area contributed by atoms with Gasteiger partial charge in [-0.05, 0) is 31.4 Å². The third-order valence-corrected chi connectivity index (χ3v) is 5.52. The number of rotatable bonds is 11. The van der Waals surface area contributed by atoms with Crippen molar-refractivity contribution in [1.29, 1.82) is 0 Å². The summed E-state index contributed by atoms with van der Waals surface area (Å²) in [6.45, 7) is 4.23. The van der Waals surface area contributed by atoms with Crippen molar-refractivity contribution < 1.29 is 22.3 Å². The zero-order chi connectivity index (χ0) is 23.2. The molecule has 3 N–H and O–H groups in total. The minimum Gasteiger partial charge on any atom is -0.394 e. The maximum atomic E-state index is 14.5. The summed E-state index contributed by atoms with van der Waals surface area (Å²) in [5.74, 6) is -0.358. The lowest BCUT2D eigenvalue weighted by Gasteiger charge is -2.22. The topological polar surface area (TPSA) is 117 Å². The van der Waals surface area contributed by atoms with E-state index >= 15 is 0 Å². The minimum atomic E-state index is -3.67. The molecule has 31 heavy (non-hydrogen) atoms. The Labute approximate surface area is 185 Å². The number of nitrogens with one attached hydrogen (secondary N) is 2. The Morgan fingerprint density at radius 2 is 1.84 bits per heavy atom. The predicted octanol–water partition coefficient (Wildman–Crippen LogP) is 3.15. The Morgan fingerprint density at radius 3 is 2.42 bits per heavy atom. The van der Waals surface area contributed by atoms with E-state index in [4.69, 9.17) is 0 Å². The SMILES string of the molecule is CCc1cccc(CSc2nc(N[C@@H](CO)CC(C)(C)F)nc(NS(C)(=O)=O)n2)c1F. The number of nitrogens with zero attached hydrogens (tertiary/aromatic N) is 3. The van der Waals surface area contributed by atoms with Crippen molar-refractivity contribution in [3.05, 3.63) is 35.1 Å². The van der Waals surface area contributed by atoms with E-state index in [1.54, 1.807) is 18.2 Å². The van der Waals surface area contributed by atoms with Gasteiger partial charge in [-0.15, -0.1) is 0 Å². The summed E-state index contributed by atoms with van der Waals surface area (Å²) >= 11 is 1.10. The lowest BCUT2D eigenvalue weighted by molar-refractivity contribution is 0.165. The second kappa shape index (κ2) is 10.5. The first-order valence-electron chi connectivity index (χ1n) is 9.59. The van der Waals surface area contributed by atoms with E-state index in [9.17, 15) is 22.3 Å². The molecule has 0 bridgehead atoms. The van der Waals surface area contributed by atoms with Gasteiger partial charge < -0.3 is 10.4 Å². The highest BCUT2D eigenvalue weighted by molar-refractivity contribution is 7.98. The molecular formula is C19H27F2N5O3S2. The first kappa shape index (κ1) is 25.2. The van der Waals surface area contributed by atoms with Gasteiger partial charge >= 0.3 is 0 Å². The maximum absolute atomic E-state index is 14.5. The van der Waals surface area contributed by atoms with Gasteiger partial charge in [-0.2, -0.15) is 15.0 Å². The fourth-order valence-corrected chi connectivity index (χ4v) is 4.02. The van der Waals surface area contributed by atoms with Crippen LogP contribution in [-0.2, 0) is 22.2 Å². The number of aliphatic hydroxyl groups excluding tert-OH is 1. The quantitative estimate of drug-likeness (QED) is 0.425. The molecule has 0 aliphatic rings. The highest BCUT2D eigenvalue weighted by atomic mass is 32.2. The molecule has 0 saturated carbocycles. The van der Waals surface area contributed by atoms with Crippen molar-refractivity contribution in [1.82, 2.24) is 15.0 Å². The summed E-state index contributed by atoms with van der Waals surface area (Å²) in [5.41, 5.74) is -0.500. The molecule has 0 radical (unpaired) electrons. The third-order valence-electron chi connectivity index (χ3n) is 4.07. The molecule has 8 nitrogen and oxygen atoms in total. The van der Waals surface area contributed by atoms with E-state index in [1.807, 2.05) is 6.92 Å². The third kappa shape index (κ3) is 8.54. The summed E-state index contributed by atoms with van der Waals surface area (Å²) in [4.78, 5) is 12.3. The Balaban J connectivity index is 2.29. The van der Waals surface area contributed by atoms with Gasteiger partial charge in [0.1, 0.15) is 11.5 Å². The average Bonchev–Trinajstić information content (AvgIpc) is 2.64. The molecule has 1 aromatic carbocycles.